The third kappa shape index (κ3) is 5.12. The van der Waals surface area contributed by atoms with Gasteiger partial charge in [-0.1, -0.05) is 80.1 Å². The lowest BCUT2D eigenvalue weighted by Crippen LogP contribution is -2.36. The van der Waals surface area contributed by atoms with E-state index in [1.165, 1.54) is 38.2 Å². The summed E-state index contributed by atoms with van der Waals surface area (Å²) in [5.41, 5.74) is 2.79. The predicted octanol–water partition coefficient (Wildman–Crippen LogP) is 5.81. The molecule has 0 amide bonds. The molecule has 2 aromatic carbocycles. The highest BCUT2D eigenvalue weighted by Gasteiger charge is 2.17. The molecule has 150 valence electrons. The molecule has 6 heteroatoms. The Hall–Kier alpha value is -1.91. The van der Waals surface area contributed by atoms with E-state index in [9.17, 15) is 5.11 Å². The topological polar surface area (TPSA) is 54.8 Å². The Morgan fingerprint density at radius 2 is 1.79 bits per heavy atom. The monoisotopic (exact) mass is 419 g/mol. The summed E-state index contributed by atoms with van der Waals surface area (Å²) in [5.74, 6) is 0.711. The number of nitrogens with one attached hydrogen (secondary N) is 2. The summed E-state index contributed by atoms with van der Waals surface area (Å²) in [4.78, 5) is 3.43. The first kappa shape index (κ1) is 20.8. The molecule has 0 aliphatic rings. The Labute approximate surface area is 176 Å². The molecule has 28 heavy (non-hydrogen) atoms. The van der Waals surface area contributed by atoms with Gasteiger partial charge in [0.15, 0.2) is 0 Å². The third-order valence-electron chi connectivity index (χ3n) is 4.98. The van der Waals surface area contributed by atoms with Crippen LogP contribution in [-0.2, 0) is 13.1 Å². The molecular weight excluding hydrogens is 393 g/mol. The van der Waals surface area contributed by atoms with Crippen molar-refractivity contribution in [2.75, 3.05) is 5.32 Å². The summed E-state index contributed by atoms with van der Waals surface area (Å²) in [5, 5.41) is 16.2. The second-order valence-corrected chi connectivity index (χ2v) is 7.98. The van der Waals surface area contributed by atoms with Crippen LogP contribution in [0.1, 0.15) is 51.0 Å². The van der Waals surface area contributed by atoms with E-state index in [1.54, 1.807) is 6.07 Å². The fourth-order valence-corrected chi connectivity index (χ4v) is 4.01. The van der Waals surface area contributed by atoms with E-state index in [0.29, 0.717) is 17.1 Å². The second-order valence-electron chi connectivity index (χ2n) is 7.14. The maximum atomic E-state index is 12.2. The fourth-order valence-electron chi connectivity index (χ4n) is 3.48. The van der Waals surface area contributed by atoms with Gasteiger partial charge in [0.05, 0.1) is 13.1 Å². The highest BCUT2D eigenvalue weighted by atomic mass is 35.5. The molecule has 0 radical (unpaired) electrons. The van der Waals surface area contributed by atoms with Crippen molar-refractivity contribution in [1.82, 2.24) is 4.98 Å². The number of hydrogen-bond donors (Lipinski definition) is 2. The first-order valence-electron chi connectivity index (χ1n) is 9.99. The van der Waals surface area contributed by atoms with Gasteiger partial charge in [-0.05, 0) is 36.2 Å². The molecule has 0 saturated heterocycles. The molecule has 0 aliphatic carbocycles. The number of H-pyrrole nitrogens is 1. The van der Waals surface area contributed by atoms with Crippen molar-refractivity contribution >= 4 is 40.2 Å². The van der Waals surface area contributed by atoms with Crippen molar-refractivity contribution in [2.24, 2.45) is 0 Å². The number of hydrogen-bond acceptors (Lipinski definition) is 2. The zero-order valence-corrected chi connectivity index (χ0v) is 17.7. The summed E-state index contributed by atoms with van der Waals surface area (Å²) >= 11 is 12.0. The van der Waals surface area contributed by atoms with Crippen molar-refractivity contribution in [2.45, 2.75) is 58.5 Å². The summed E-state index contributed by atoms with van der Waals surface area (Å²) < 4.78 is 2.26. The van der Waals surface area contributed by atoms with E-state index in [2.05, 4.69) is 33.9 Å². The predicted molar refractivity (Wildman–Crippen MR) is 115 cm³/mol. The molecule has 1 aromatic heterocycles. The van der Waals surface area contributed by atoms with Crippen LogP contribution in [0.3, 0.4) is 0 Å². The van der Waals surface area contributed by atoms with Crippen LogP contribution in [0.15, 0.2) is 36.4 Å². The van der Waals surface area contributed by atoms with E-state index < -0.39 is 0 Å². The van der Waals surface area contributed by atoms with Gasteiger partial charge in [0.2, 0.25) is 0 Å². The van der Waals surface area contributed by atoms with Crippen molar-refractivity contribution < 1.29 is 9.67 Å². The van der Waals surface area contributed by atoms with Gasteiger partial charge in [-0.15, -0.1) is 0 Å². The molecule has 0 atom stereocenters. The van der Waals surface area contributed by atoms with Crippen LogP contribution in [0, 0.1) is 0 Å². The van der Waals surface area contributed by atoms with Gasteiger partial charge >= 0.3 is 5.95 Å². The second kappa shape index (κ2) is 10.0. The Bertz CT molecular complexity index is 924. The largest absolute Gasteiger partial charge is 0.871 e. The summed E-state index contributed by atoms with van der Waals surface area (Å²) in [7, 11) is 0. The van der Waals surface area contributed by atoms with Gasteiger partial charge in [-0.2, -0.15) is 0 Å². The van der Waals surface area contributed by atoms with Gasteiger partial charge in [0.1, 0.15) is 11.0 Å². The molecule has 0 spiro atoms. The Morgan fingerprint density at radius 1 is 1.04 bits per heavy atom. The molecular formula is C22H27Cl2N3O. The van der Waals surface area contributed by atoms with Crippen LogP contribution < -0.4 is 15.0 Å². The van der Waals surface area contributed by atoms with E-state index in [0.717, 1.165) is 29.9 Å². The minimum Gasteiger partial charge on any atom is -0.871 e. The average molecular weight is 420 g/mol. The molecule has 1 heterocycles. The highest BCUT2D eigenvalue weighted by molar-refractivity contribution is 6.35. The average Bonchev–Trinajstić information content (AvgIpc) is 3.04. The van der Waals surface area contributed by atoms with Gasteiger partial charge in [0.25, 0.3) is 0 Å². The van der Waals surface area contributed by atoms with E-state index >= 15 is 0 Å². The van der Waals surface area contributed by atoms with Crippen molar-refractivity contribution in [3.05, 3.63) is 52.0 Å². The van der Waals surface area contributed by atoms with Gasteiger partial charge in [-0.25, -0.2) is 9.55 Å². The number of para-hydroxylation sites is 2. The number of unbranched alkanes of at least 4 members (excludes halogenated alkanes) is 5. The van der Waals surface area contributed by atoms with Crippen LogP contribution in [0.4, 0.5) is 5.95 Å². The maximum absolute atomic E-state index is 12.2. The van der Waals surface area contributed by atoms with Crippen molar-refractivity contribution in [3.8, 4) is 5.75 Å². The quantitative estimate of drug-likeness (QED) is 0.321. The lowest BCUT2D eigenvalue weighted by molar-refractivity contribution is -0.657. The van der Waals surface area contributed by atoms with Crippen LogP contribution in [0.5, 0.6) is 5.75 Å². The number of benzene rings is 2. The number of anilines is 1. The minimum atomic E-state index is -0.183. The highest BCUT2D eigenvalue weighted by Crippen LogP contribution is 2.29. The molecule has 3 rings (SSSR count). The first-order chi connectivity index (χ1) is 13.6. The number of aromatic amines is 1. The van der Waals surface area contributed by atoms with E-state index in [4.69, 9.17) is 23.2 Å². The Balaban J connectivity index is 1.73. The molecule has 2 N–H and O–H groups in total. The van der Waals surface area contributed by atoms with Gasteiger partial charge < -0.3 is 5.11 Å². The number of nitrogens with zero attached hydrogens (tertiary/aromatic N) is 1. The van der Waals surface area contributed by atoms with Crippen molar-refractivity contribution in [3.63, 3.8) is 0 Å². The molecule has 0 bridgehead atoms. The number of fused-ring (bicyclic) bond motifs is 1. The van der Waals surface area contributed by atoms with Crippen LogP contribution in [0.25, 0.3) is 11.0 Å². The van der Waals surface area contributed by atoms with Gasteiger partial charge in [-0.3, -0.25) is 5.32 Å². The molecule has 0 fully saturated rings. The van der Waals surface area contributed by atoms with Crippen LogP contribution in [-0.4, -0.2) is 4.98 Å². The number of aryl methyl sites for hydroxylation is 1. The van der Waals surface area contributed by atoms with E-state index in [-0.39, 0.29) is 10.8 Å². The molecule has 0 saturated carbocycles. The number of halogens is 2. The molecule has 4 nitrogen and oxygen atoms in total. The summed E-state index contributed by atoms with van der Waals surface area (Å²) in [6, 6.07) is 11.4. The smallest absolute Gasteiger partial charge is 0.356 e. The molecule has 0 aliphatic heterocycles. The number of aromatic nitrogens is 2. The van der Waals surface area contributed by atoms with Crippen molar-refractivity contribution in [1.29, 1.82) is 0 Å². The Kier molecular flexibility index (Phi) is 7.46. The minimum absolute atomic E-state index is 0.154. The Morgan fingerprint density at radius 3 is 2.61 bits per heavy atom. The molecule has 0 unspecified atom stereocenters. The lowest BCUT2D eigenvalue weighted by Gasteiger charge is -2.15. The summed E-state index contributed by atoms with van der Waals surface area (Å²) in [6.07, 6.45) is 7.51. The SMILES string of the molecule is CCCCCCCC[n+]1c(NCc2cc(Cl)cc(Cl)c2[O-])[nH]c2ccccc21. The van der Waals surface area contributed by atoms with E-state index in [1.807, 2.05) is 12.1 Å². The van der Waals surface area contributed by atoms with Crippen LogP contribution in [0.2, 0.25) is 10.0 Å². The fraction of sp³-hybridized carbons (Fsp3) is 0.409. The zero-order chi connectivity index (χ0) is 19.9. The zero-order valence-electron chi connectivity index (χ0n) is 16.2. The van der Waals surface area contributed by atoms with Crippen LogP contribution >= 0.6 is 23.2 Å². The van der Waals surface area contributed by atoms with Gasteiger partial charge in [0, 0.05) is 10.0 Å². The number of imidazole rings is 1. The maximum Gasteiger partial charge on any atom is 0.356 e. The molecule has 3 aromatic rings. The third-order valence-corrected chi connectivity index (χ3v) is 5.48. The summed E-state index contributed by atoms with van der Waals surface area (Å²) in [6.45, 7) is 3.53. The normalized spacial score (nSPS) is 11.2. The first-order valence-corrected chi connectivity index (χ1v) is 10.7. The number of rotatable bonds is 10. The standard InChI is InChI=1S/C22H27Cl2N3O/c1-2-3-4-5-6-9-12-27-20-11-8-7-10-19(20)26-22(27)25-15-16-13-17(23)14-18(24)21(16)28/h7-8,10-11,13-14H,2-6,9,12,15H2,1H3,(H2,25,26,28). The lowest BCUT2D eigenvalue weighted by atomic mass is 10.1.